The van der Waals surface area contributed by atoms with Crippen molar-refractivity contribution < 1.29 is 23.1 Å². The number of amides is 1. The first-order valence-electron chi connectivity index (χ1n) is 10.5. The largest absolute Gasteiger partial charge is 0.465 e. The van der Waals surface area contributed by atoms with E-state index in [4.69, 9.17) is 0 Å². The smallest absolute Gasteiger partial charge is 0.417 e. The van der Waals surface area contributed by atoms with Crippen molar-refractivity contribution in [3.63, 3.8) is 0 Å². The summed E-state index contributed by atoms with van der Waals surface area (Å²) < 4.78 is 41.8. The number of hydrogen-bond acceptors (Lipinski definition) is 3. The number of carboxylic acid groups (broad SMARTS) is 1. The number of alkyl halides is 3. The molecule has 1 aromatic carbocycles. The van der Waals surface area contributed by atoms with E-state index in [0.29, 0.717) is 30.8 Å². The van der Waals surface area contributed by atoms with Crippen molar-refractivity contribution in [3.05, 3.63) is 82.0 Å². The fourth-order valence-corrected chi connectivity index (χ4v) is 4.46. The van der Waals surface area contributed by atoms with Crippen LogP contribution in [0.15, 0.2) is 59.7 Å². The molecule has 0 fully saturated rings. The molecule has 34 heavy (non-hydrogen) atoms. The number of aromatic nitrogens is 3. The van der Waals surface area contributed by atoms with Gasteiger partial charge in [0.1, 0.15) is 0 Å². The first kappa shape index (κ1) is 21.7. The highest BCUT2D eigenvalue weighted by Gasteiger charge is 2.30. The third-order valence-electron chi connectivity index (χ3n) is 6.24. The number of carbonyl (C=O) groups is 1. The summed E-state index contributed by atoms with van der Waals surface area (Å²) in [6.07, 6.45) is -2.51. The Labute approximate surface area is 191 Å². The summed E-state index contributed by atoms with van der Waals surface area (Å²) in [7, 11) is 1.92. The van der Waals surface area contributed by atoms with Crippen molar-refractivity contribution in [2.24, 2.45) is 7.05 Å². The molecule has 0 bridgehead atoms. The van der Waals surface area contributed by atoms with Crippen molar-refractivity contribution in [2.45, 2.75) is 19.1 Å². The molecular weight excluding hydrogens is 449 g/mol. The Bertz CT molecular complexity index is 1490. The van der Waals surface area contributed by atoms with Crippen LogP contribution in [0, 0.1) is 0 Å². The molecule has 5 rings (SSSR count). The first-order chi connectivity index (χ1) is 16.1. The molecule has 1 N–H and O–H groups in total. The van der Waals surface area contributed by atoms with Gasteiger partial charge in [-0.2, -0.15) is 13.2 Å². The number of fused-ring (bicyclic) bond motifs is 3. The SMILES string of the molecule is Cn1c2c(c3ccc(-n4ccc(-c5ccc(C(F)(F)F)cn5)cc4=O)cc31)CN(C(=O)O)CC2. The van der Waals surface area contributed by atoms with Crippen LogP contribution in [0.25, 0.3) is 27.8 Å². The van der Waals surface area contributed by atoms with Crippen LogP contribution in [0.4, 0.5) is 18.0 Å². The van der Waals surface area contributed by atoms with Crippen LogP contribution in [-0.2, 0) is 26.2 Å². The lowest BCUT2D eigenvalue weighted by Gasteiger charge is -2.25. The van der Waals surface area contributed by atoms with E-state index in [1.54, 1.807) is 18.3 Å². The minimum Gasteiger partial charge on any atom is -0.465 e. The van der Waals surface area contributed by atoms with E-state index in [1.807, 2.05) is 23.7 Å². The maximum absolute atomic E-state index is 12.8. The Morgan fingerprint density at radius 1 is 1.12 bits per heavy atom. The molecule has 3 aromatic heterocycles. The Hall–Kier alpha value is -4.08. The lowest BCUT2D eigenvalue weighted by molar-refractivity contribution is -0.137. The maximum Gasteiger partial charge on any atom is 0.417 e. The highest BCUT2D eigenvalue weighted by Crippen LogP contribution is 2.32. The number of rotatable bonds is 2. The van der Waals surface area contributed by atoms with Gasteiger partial charge in [0.15, 0.2) is 0 Å². The number of halogens is 3. The third-order valence-corrected chi connectivity index (χ3v) is 6.24. The molecule has 0 saturated carbocycles. The van der Waals surface area contributed by atoms with Crippen molar-refractivity contribution in [2.75, 3.05) is 6.54 Å². The number of hydrogen-bond donors (Lipinski definition) is 1. The van der Waals surface area contributed by atoms with Gasteiger partial charge in [-0.1, -0.05) is 6.07 Å². The lowest BCUT2D eigenvalue weighted by atomic mass is 10.0. The molecule has 0 radical (unpaired) electrons. The monoisotopic (exact) mass is 468 g/mol. The summed E-state index contributed by atoms with van der Waals surface area (Å²) in [6.45, 7) is 0.744. The van der Waals surface area contributed by atoms with Gasteiger partial charge < -0.3 is 14.6 Å². The van der Waals surface area contributed by atoms with Crippen LogP contribution >= 0.6 is 0 Å². The van der Waals surface area contributed by atoms with Gasteiger partial charge in [0.2, 0.25) is 0 Å². The number of nitrogens with zero attached hydrogens (tertiary/aromatic N) is 4. The maximum atomic E-state index is 12.8. The van der Waals surface area contributed by atoms with Crippen LogP contribution in [0.5, 0.6) is 0 Å². The Balaban J connectivity index is 1.50. The predicted octanol–water partition coefficient (Wildman–Crippen LogP) is 4.45. The standard InChI is InChI=1S/C24H19F3N4O3/c1-29-20-7-8-30(23(33)34)13-18(20)17-4-3-16(11-21(17)29)31-9-6-14(10-22(31)32)19-5-2-15(12-28-19)24(25,26)27/h2-6,9-12H,7-8,13H2,1H3,(H,33,34). The molecule has 7 nitrogen and oxygen atoms in total. The van der Waals surface area contributed by atoms with Gasteiger partial charge in [-0.15, -0.1) is 0 Å². The molecular formula is C24H19F3N4O3. The second-order valence-electron chi connectivity index (χ2n) is 8.19. The highest BCUT2D eigenvalue weighted by atomic mass is 19.4. The van der Waals surface area contributed by atoms with E-state index in [0.717, 1.165) is 34.4 Å². The molecule has 0 spiro atoms. The van der Waals surface area contributed by atoms with E-state index in [9.17, 15) is 27.9 Å². The van der Waals surface area contributed by atoms with Crippen molar-refractivity contribution >= 4 is 17.0 Å². The lowest BCUT2D eigenvalue weighted by Crippen LogP contribution is -2.34. The quantitative estimate of drug-likeness (QED) is 0.472. The van der Waals surface area contributed by atoms with Gasteiger partial charge in [-0.25, -0.2) is 4.79 Å². The van der Waals surface area contributed by atoms with E-state index < -0.39 is 17.8 Å². The molecule has 10 heteroatoms. The minimum atomic E-state index is -4.48. The van der Waals surface area contributed by atoms with Crippen LogP contribution in [-0.4, -0.2) is 36.8 Å². The normalized spacial score (nSPS) is 13.8. The van der Waals surface area contributed by atoms with Crippen molar-refractivity contribution in [3.8, 4) is 16.9 Å². The van der Waals surface area contributed by atoms with Crippen LogP contribution in [0.1, 0.15) is 16.8 Å². The van der Waals surface area contributed by atoms with Crippen LogP contribution in [0.3, 0.4) is 0 Å². The molecule has 0 aliphatic carbocycles. The molecule has 0 saturated heterocycles. The summed E-state index contributed by atoms with van der Waals surface area (Å²) in [6, 6.07) is 10.7. The topological polar surface area (TPSA) is 80.4 Å². The molecule has 0 unspecified atom stereocenters. The summed E-state index contributed by atoms with van der Waals surface area (Å²) >= 11 is 0. The average Bonchev–Trinajstić information content (AvgIpc) is 3.09. The van der Waals surface area contributed by atoms with E-state index in [-0.39, 0.29) is 11.3 Å². The van der Waals surface area contributed by atoms with Gasteiger partial charge in [-0.05, 0) is 30.3 Å². The molecule has 1 aliphatic rings. The van der Waals surface area contributed by atoms with Crippen molar-refractivity contribution in [1.82, 2.24) is 19.0 Å². The van der Waals surface area contributed by atoms with Gasteiger partial charge >= 0.3 is 12.3 Å². The Morgan fingerprint density at radius 3 is 2.56 bits per heavy atom. The summed E-state index contributed by atoms with van der Waals surface area (Å²) in [4.78, 5) is 29.5. The second kappa shape index (κ2) is 7.75. The zero-order valence-electron chi connectivity index (χ0n) is 18.0. The van der Waals surface area contributed by atoms with Crippen LogP contribution < -0.4 is 5.56 Å². The molecule has 4 aromatic rings. The zero-order chi connectivity index (χ0) is 24.2. The van der Waals surface area contributed by atoms with Crippen molar-refractivity contribution in [1.29, 1.82) is 0 Å². The average molecular weight is 468 g/mol. The summed E-state index contributed by atoms with van der Waals surface area (Å²) in [5, 5.41) is 10.3. The summed E-state index contributed by atoms with van der Waals surface area (Å²) in [5.41, 5.74) is 3.02. The second-order valence-corrected chi connectivity index (χ2v) is 8.19. The molecule has 1 aliphatic heterocycles. The third kappa shape index (κ3) is 3.60. The number of benzene rings is 1. The molecule has 4 heterocycles. The predicted molar refractivity (Wildman–Crippen MR) is 119 cm³/mol. The first-order valence-corrected chi connectivity index (χ1v) is 10.5. The van der Waals surface area contributed by atoms with Gasteiger partial charge in [0.05, 0.1) is 29.0 Å². The fraction of sp³-hybridized carbons (Fsp3) is 0.208. The highest BCUT2D eigenvalue weighted by molar-refractivity contribution is 5.88. The Morgan fingerprint density at radius 2 is 1.91 bits per heavy atom. The van der Waals surface area contributed by atoms with Gasteiger partial charge in [0.25, 0.3) is 5.56 Å². The molecule has 0 atom stereocenters. The molecule has 1 amide bonds. The number of pyridine rings is 2. The minimum absolute atomic E-state index is 0.269. The van der Waals surface area contributed by atoms with Crippen LogP contribution in [0.2, 0.25) is 0 Å². The summed E-state index contributed by atoms with van der Waals surface area (Å²) in [5.74, 6) is 0. The zero-order valence-corrected chi connectivity index (χ0v) is 18.0. The molecule has 174 valence electrons. The van der Waals surface area contributed by atoms with E-state index >= 15 is 0 Å². The fourth-order valence-electron chi connectivity index (χ4n) is 4.46. The van der Waals surface area contributed by atoms with E-state index in [1.165, 1.54) is 21.6 Å². The number of aryl methyl sites for hydroxylation is 1. The van der Waals surface area contributed by atoms with Gasteiger partial charge in [-0.3, -0.25) is 14.3 Å². The van der Waals surface area contributed by atoms with E-state index in [2.05, 4.69) is 4.98 Å². The Kier molecular flexibility index (Phi) is 4.96. The van der Waals surface area contributed by atoms with Gasteiger partial charge in [0, 0.05) is 60.7 Å².